The van der Waals surface area contributed by atoms with Crippen molar-refractivity contribution in [1.82, 2.24) is 0 Å². The lowest BCUT2D eigenvalue weighted by atomic mass is 9.88. The minimum atomic E-state index is -0.743. The van der Waals surface area contributed by atoms with Gasteiger partial charge in [0, 0.05) is 12.5 Å². The van der Waals surface area contributed by atoms with Gasteiger partial charge in [0.2, 0.25) is 0 Å². The van der Waals surface area contributed by atoms with Crippen molar-refractivity contribution in [3.8, 4) is 0 Å². The van der Waals surface area contributed by atoms with Crippen molar-refractivity contribution >= 4 is 5.97 Å². The van der Waals surface area contributed by atoms with Crippen LogP contribution in [0, 0.1) is 11.3 Å². The van der Waals surface area contributed by atoms with Gasteiger partial charge < -0.3 is 9.84 Å². The Kier molecular flexibility index (Phi) is 5.15. The van der Waals surface area contributed by atoms with E-state index >= 15 is 0 Å². The molecule has 0 amide bonds. The first-order valence-corrected chi connectivity index (χ1v) is 6.54. The third-order valence-corrected chi connectivity index (χ3v) is 3.44. The van der Waals surface area contributed by atoms with Crippen LogP contribution < -0.4 is 0 Å². The monoisotopic (exact) mass is 252 g/mol. The van der Waals surface area contributed by atoms with E-state index in [1.165, 1.54) is 5.57 Å². The number of carbonyl (C=O) groups is 1. The van der Waals surface area contributed by atoms with Gasteiger partial charge in [0.1, 0.15) is 0 Å². The zero-order chi connectivity index (χ0) is 13.8. The van der Waals surface area contributed by atoms with E-state index < -0.39 is 11.4 Å². The molecule has 1 aliphatic carbocycles. The third kappa shape index (κ3) is 4.30. The highest BCUT2D eigenvalue weighted by Crippen LogP contribution is 2.24. The van der Waals surface area contributed by atoms with Crippen molar-refractivity contribution in [1.29, 1.82) is 0 Å². The fraction of sp³-hybridized carbons (Fsp3) is 0.667. The van der Waals surface area contributed by atoms with Gasteiger partial charge in [-0.15, -0.1) is 0 Å². The summed E-state index contributed by atoms with van der Waals surface area (Å²) in [6.45, 7) is 8.32. The SMILES string of the molecule is CC1=CC(OCCCC(C)(C)C(=O)O)[C@H](C)C=C1. The van der Waals surface area contributed by atoms with Crippen LogP contribution in [0.2, 0.25) is 0 Å². The summed E-state index contributed by atoms with van der Waals surface area (Å²) < 4.78 is 5.82. The first kappa shape index (κ1) is 15.0. The fourth-order valence-corrected chi connectivity index (χ4v) is 1.92. The van der Waals surface area contributed by atoms with Crippen LogP contribution in [0.1, 0.15) is 40.5 Å². The Morgan fingerprint density at radius 1 is 1.50 bits per heavy atom. The smallest absolute Gasteiger partial charge is 0.309 e. The van der Waals surface area contributed by atoms with Gasteiger partial charge >= 0.3 is 5.97 Å². The van der Waals surface area contributed by atoms with Crippen molar-refractivity contribution in [2.45, 2.75) is 46.6 Å². The minimum Gasteiger partial charge on any atom is -0.481 e. The van der Waals surface area contributed by atoms with Crippen LogP contribution in [-0.4, -0.2) is 23.8 Å². The van der Waals surface area contributed by atoms with E-state index in [4.69, 9.17) is 9.84 Å². The molecule has 102 valence electrons. The Bertz CT molecular complexity index is 353. The zero-order valence-electron chi connectivity index (χ0n) is 11.8. The van der Waals surface area contributed by atoms with Crippen LogP contribution in [0.25, 0.3) is 0 Å². The van der Waals surface area contributed by atoms with Crippen molar-refractivity contribution in [2.24, 2.45) is 11.3 Å². The van der Waals surface area contributed by atoms with Crippen LogP contribution in [0.4, 0.5) is 0 Å². The summed E-state index contributed by atoms with van der Waals surface area (Å²) in [6, 6.07) is 0. The summed E-state index contributed by atoms with van der Waals surface area (Å²) in [5.41, 5.74) is 0.566. The molecule has 0 aromatic heterocycles. The second kappa shape index (κ2) is 6.19. The molecule has 0 bridgehead atoms. The first-order chi connectivity index (χ1) is 8.33. The van der Waals surface area contributed by atoms with Gasteiger partial charge in [0.15, 0.2) is 0 Å². The van der Waals surface area contributed by atoms with Crippen molar-refractivity contribution in [3.05, 3.63) is 23.8 Å². The number of carboxylic acids is 1. The lowest BCUT2D eigenvalue weighted by molar-refractivity contribution is -0.147. The highest BCUT2D eigenvalue weighted by Gasteiger charge is 2.26. The molecule has 1 rings (SSSR count). The van der Waals surface area contributed by atoms with E-state index in [-0.39, 0.29) is 6.10 Å². The summed E-state index contributed by atoms with van der Waals surface area (Å²) in [5.74, 6) is -0.353. The molecule has 0 spiro atoms. The van der Waals surface area contributed by atoms with Crippen LogP contribution in [0.15, 0.2) is 23.8 Å². The molecule has 0 saturated carbocycles. The quantitative estimate of drug-likeness (QED) is 0.737. The molecule has 1 aliphatic rings. The van der Waals surface area contributed by atoms with Gasteiger partial charge in [0.05, 0.1) is 11.5 Å². The molecular formula is C15H24O3. The van der Waals surface area contributed by atoms with Crippen LogP contribution >= 0.6 is 0 Å². The lowest BCUT2D eigenvalue weighted by Gasteiger charge is -2.24. The molecule has 3 heteroatoms. The number of carboxylic acid groups (broad SMARTS) is 1. The molecule has 0 aliphatic heterocycles. The van der Waals surface area contributed by atoms with E-state index in [1.54, 1.807) is 13.8 Å². The number of hydrogen-bond acceptors (Lipinski definition) is 2. The molecule has 0 heterocycles. The third-order valence-electron chi connectivity index (χ3n) is 3.44. The lowest BCUT2D eigenvalue weighted by Crippen LogP contribution is -2.25. The predicted molar refractivity (Wildman–Crippen MR) is 72.5 cm³/mol. The van der Waals surface area contributed by atoms with E-state index in [0.29, 0.717) is 18.9 Å². The molecule has 0 radical (unpaired) electrons. The van der Waals surface area contributed by atoms with Crippen LogP contribution in [-0.2, 0) is 9.53 Å². The second-order valence-corrected chi connectivity index (χ2v) is 5.76. The first-order valence-electron chi connectivity index (χ1n) is 6.54. The normalized spacial score (nSPS) is 23.9. The van der Waals surface area contributed by atoms with Crippen LogP contribution in [0.5, 0.6) is 0 Å². The van der Waals surface area contributed by atoms with E-state index in [9.17, 15) is 4.79 Å². The van der Waals surface area contributed by atoms with Gasteiger partial charge in [-0.05, 0) is 33.6 Å². The van der Waals surface area contributed by atoms with Gasteiger partial charge in [-0.2, -0.15) is 0 Å². The van der Waals surface area contributed by atoms with Gasteiger partial charge in [-0.3, -0.25) is 4.79 Å². The Morgan fingerprint density at radius 3 is 2.78 bits per heavy atom. The molecule has 1 N–H and O–H groups in total. The molecule has 0 saturated heterocycles. The minimum absolute atomic E-state index is 0.128. The van der Waals surface area contributed by atoms with Crippen molar-refractivity contribution in [3.63, 3.8) is 0 Å². The molecule has 0 fully saturated rings. The van der Waals surface area contributed by atoms with Crippen molar-refractivity contribution in [2.75, 3.05) is 6.61 Å². The molecule has 0 aromatic carbocycles. The summed E-state index contributed by atoms with van der Waals surface area (Å²) in [7, 11) is 0. The molecular weight excluding hydrogens is 228 g/mol. The fourth-order valence-electron chi connectivity index (χ4n) is 1.92. The van der Waals surface area contributed by atoms with Gasteiger partial charge in [-0.1, -0.05) is 30.7 Å². The topological polar surface area (TPSA) is 46.5 Å². The Morgan fingerprint density at radius 2 is 2.17 bits per heavy atom. The standard InChI is InChI=1S/C15H24O3/c1-11-6-7-12(2)13(10-11)18-9-5-8-15(3,4)14(16)17/h6-7,10,12-13H,5,8-9H2,1-4H3,(H,16,17)/t12-,13?/m1/s1. The number of rotatable bonds is 6. The number of ether oxygens (including phenoxy) is 1. The van der Waals surface area contributed by atoms with E-state index in [1.807, 2.05) is 0 Å². The van der Waals surface area contributed by atoms with E-state index in [2.05, 4.69) is 32.1 Å². The molecule has 2 atom stereocenters. The highest BCUT2D eigenvalue weighted by molar-refractivity contribution is 5.73. The average Bonchev–Trinajstić information content (AvgIpc) is 2.28. The van der Waals surface area contributed by atoms with E-state index in [0.717, 1.165) is 6.42 Å². The summed E-state index contributed by atoms with van der Waals surface area (Å²) in [4.78, 5) is 11.0. The number of aliphatic carboxylic acids is 1. The van der Waals surface area contributed by atoms with Gasteiger partial charge in [-0.25, -0.2) is 0 Å². The summed E-state index contributed by atoms with van der Waals surface area (Å²) in [6.07, 6.45) is 7.94. The maximum Gasteiger partial charge on any atom is 0.309 e. The molecule has 3 nitrogen and oxygen atoms in total. The van der Waals surface area contributed by atoms with Crippen LogP contribution in [0.3, 0.4) is 0 Å². The zero-order valence-corrected chi connectivity index (χ0v) is 11.8. The number of hydrogen-bond donors (Lipinski definition) is 1. The largest absolute Gasteiger partial charge is 0.481 e. The molecule has 0 aromatic rings. The van der Waals surface area contributed by atoms with Crippen molar-refractivity contribution < 1.29 is 14.6 Å². The Labute approximate surface area is 110 Å². The Hall–Kier alpha value is -1.09. The second-order valence-electron chi connectivity index (χ2n) is 5.76. The Balaban J connectivity index is 2.31. The maximum absolute atomic E-state index is 11.0. The summed E-state index contributed by atoms with van der Waals surface area (Å²) in [5, 5.41) is 9.01. The molecule has 18 heavy (non-hydrogen) atoms. The molecule has 1 unspecified atom stereocenters. The van der Waals surface area contributed by atoms with Gasteiger partial charge in [0.25, 0.3) is 0 Å². The predicted octanol–water partition coefficient (Wildman–Crippen LogP) is 3.41. The average molecular weight is 252 g/mol. The summed E-state index contributed by atoms with van der Waals surface area (Å²) >= 11 is 0. The number of allylic oxidation sites excluding steroid dienone is 2. The highest BCUT2D eigenvalue weighted by atomic mass is 16.5. The maximum atomic E-state index is 11.0.